The van der Waals surface area contributed by atoms with Crippen LogP contribution in [0.25, 0.3) is 0 Å². The molecule has 1 unspecified atom stereocenters. The van der Waals surface area contributed by atoms with Gasteiger partial charge in [0.05, 0.1) is 11.7 Å². The molecule has 0 bridgehead atoms. The molecule has 0 spiro atoms. The third-order valence-corrected chi connectivity index (χ3v) is 5.75. The molecule has 7 heteroatoms. The second-order valence-corrected chi connectivity index (χ2v) is 7.20. The molecule has 1 aromatic heterocycles. The first-order chi connectivity index (χ1) is 9.31. The number of nitrogens with one attached hydrogen (secondary N) is 1. The molecule has 2 rings (SSSR count). The second-order valence-electron chi connectivity index (χ2n) is 4.66. The summed E-state index contributed by atoms with van der Waals surface area (Å²) >= 11 is 1.43. The molecule has 0 amide bonds. The third kappa shape index (κ3) is 3.00. The predicted octanol–water partition coefficient (Wildman–Crippen LogP) is 2.38. The van der Waals surface area contributed by atoms with Gasteiger partial charge in [0.15, 0.2) is 0 Å². The molecule has 5 nitrogen and oxygen atoms in total. The van der Waals surface area contributed by atoms with E-state index in [1.165, 1.54) is 11.3 Å². The highest BCUT2D eigenvalue weighted by Crippen LogP contribution is 2.25. The molecule has 0 saturated carbocycles. The van der Waals surface area contributed by atoms with Crippen molar-refractivity contribution in [2.24, 2.45) is 0 Å². The number of aromatic nitrogens is 1. The van der Waals surface area contributed by atoms with E-state index in [9.17, 15) is 8.42 Å². The Morgan fingerprint density at radius 2 is 2.05 bits per heavy atom. The highest BCUT2D eigenvalue weighted by molar-refractivity contribution is 7.89. The number of anilines is 1. The molecule has 0 aliphatic carbocycles. The van der Waals surface area contributed by atoms with Crippen LogP contribution in [-0.4, -0.2) is 13.4 Å². The van der Waals surface area contributed by atoms with Gasteiger partial charge in [-0.3, -0.25) is 0 Å². The largest absolute Gasteiger partial charge is 0.398 e. The van der Waals surface area contributed by atoms with E-state index in [4.69, 9.17) is 5.73 Å². The third-order valence-electron chi connectivity index (χ3n) is 2.85. The van der Waals surface area contributed by atoms with Gasteiger partial charge in [-0.1, -0.05) is 12.1 Å². The van der Waals surface area contributed by atoms with Crippen LogP contribution in [0.1, 0.15) is 29.2 Å². The summed E-state index contributed by atoms with van der Waals surface area (Å²) in [6.45, 7) is 5.37. The SMILES string of the molecule is Cc1csc(C(C)NS(=O)(=O)c2c(C)cccc2N)n1. The quantitative estimate of drug-likeness (QED) is 0.849. The van der Waals surface area contributed by atoms with E-state index in [-0.39, 0.29) is 10.6 Å². The van der Waals surface area contributed by atoms with Crippen molar-refractivity contribution < 1.29 is 8.42 Å². The second kappa shape index (κ2) is 5.51. The maximum absolute atomic E-state index is 12.5. The van der Waals surface area contributed by atoms with Crippen LogP contribution in [0.15, 0.2) is 28.5 Å². The van der Waals surface area contributed by atoms with Crippen LogP contribution in [0.5, 0.6) is 0 Å². The van der Waals surface area contributed by atoms with Gasteiger partial charge in [0.25, 0.3) is 0 Å². The van der Waals surface area contributed by atoms with Crippen LogP contribution in [-0.2, 0) is 10.0 Å². The van der Waals surface area contributed by atoms with E-state index < -0.39 is 16.1 Å². The fraction of sp³-hybridized carbons (Fsp3) is 0.308. The lowest BCUT2D eigenvalue weighted by atomic mass is 10.2. The zero-order chi connectivity index (χ0) is 14.9. The lowest BCUT2D eigenvalue weighted by molar-refractivity contribution is 0.566. The van der Waals surface area contributed by atoms with Crippen molar-refractivity contribution in [1.82, 2.24) is 9.71 Å². The summed E-state index contributed by atoms with van der Waals surface area (Å²) in [5.41, 5.74) is 7.55. The summed E-state index contributed by atoms with van der Waals surface area (Å²) in [5.74, 6) is 0. The molecule has 1 aromatic carbocycles. The average molecular weight is 311 g/mol. The Bertz CT molecular complexity index is 703. The topological polar surface area (TPSA) is 85.1 Å². The average Bonchev–Trinajstić information content (AvgIpc) is 2.74. The number of sulfonamides is 1. The van der Waals surface area contributed by atoms with E-state index in [2.05, 4.69) is 9.71 Å². The molecule has 0 fully saturated rings. The van der Waals surface area contributed by atoms with Crippen LogP contribution in [0, 0.1) is 13.8 Å². The molecule has 0 aliphatic heterocycles. The Kier molecular flexibility index (Phi) is 4.12. The van der Waals surface area contributed by atoms with E-state index in [0.29, 0.717) is 5.56 Å². The van der Waals surface area contributed by atoms with Gasteiger partial charge < -0.3 is 5.73 Å². The summed E-state index contributed by atoms with van der Waals surface area (Å²) in [6.07, 6.45) is 0. The number of aryl methyl sites for hydroxylation is 2. The molecular weight excluding hydrogens is 294 g/mol. The van der Waals surface area contributed by atoms with Crippen LogP contribution in [0.4, 0.5) is 5.69 Å². The Balaban J connectivity index is 2.32. The summed E-state index contributed by atoms with van der Waals surface area (Å²) < 4.78 is 27.5. The molecule has 1 heterocycles. The van der Waals surface area contributed by atoms with E-state index in [0.717, 1.165) is 10.7 Å². The zero-order valence-electron chi connectivity index (χ0n) is 11.5. The van der Waals surface area contributed by atoms with Crippen LogP contribution in [0.3, 0.4) is 0 Å². The minimum Gasteiger partial charge on any atom is -0.398 e. The molecule has 0 radical (unpaired) electrons. The van der Waals surface area contributed by atoms with Gasteiger partial charge in [-0.15, -0.1) is 11.3 Å². The first kappa shape index (κ1) is 15.0. The van der Waals surface area contributed by atoms with Crippen molar-refractivity contribution >= 4 is 27.0 Å². The maximum atomic E-state index is 12.5. The smallest absolute Gasteiger partial charge is 0.243 e. The zero-order valence-corrected chi connectivity index (χ0v) is 13.2. The summed E-state index contributed by atoms with van der Waals surface area (Å²) in [6, 6.07) is 4.65. The molecule has 2 aromatic rings. The van der Waals surface area contributed by atoms with E-state index in [1.807, 2.05) is 12.3 Å². The first-order valence-electron chi connectivity index (χ1n) is 6.10. The number of nitrogen functional groups attached to an aromatic ring is 1. The molecule has 3 N–H and O–H groups in total. The number of hydrogen-bond acceptors (Lipinski definition) is 5. The number of rotatable bonds is 4. The lowest BCUT2D eigenvalue weighted by Crippen LogP contribution is -2.28. The standard InChI is InChI=1S/C13H17N3O2S2/c1-8-5-4-6-11(14)12(8)20(17,18)16-10(3)13-15-9(2)7-19-13/h4-7,10,16H,14H2,1-3H3. The van der Waals surface area contributed by atoms with Crippen molar-refractivity contribution in [3.63, 3.8) is 0 Å². The minimum atomic E-state index is -3.67. The predicted molar refractivity (Wildman–Crippen MR) is 81.2 cm³/mol. The van der Waals surface area contributed by atoms with Crippen molar-refractivity contribution in [1.29, 1.82) is 0 Å². The molecule has 0 saturated heterocycles. The number of nitrogens with zero attached hydrogens (tertiary/aromatic N) is 1. The molecular formula is C13H17N3O2S2. The fourth-order valence-electron chi connectivity index (χ4n) is 1.96. The maximum Gasteiger partial charge on any atom is 0.243 e. The lowest BCUT2D eigenvalue weighted by Gasteiger charge is -2.15. The van der Waals surface area contributed by atoms with Crippen LogP contribution in [0.2, 0.25) is 0 Å². The highest BCUT2D eigenvalue weighted by Gasteiger charge is 2.23. The van der Waals surface area contributed by atoms with Gasteiger partial charge in [0.1, 0.15) is 9.90 Å². The van der Waals surface area contributed by atoms with Gasteiger partial charge in [-0.2, -0.15) is 0 Å². The van der Waals surface area contributed by atoms with Gasteiger partial charge >= 0.3 is 0 Å². The molecule has 1 atom stereocenters. The Labute approximate surface area is 122 Å². The number of thiazole rings is 1. The molecule has 108 valence electrons. The number of nitrogens with two attached hydrogens (primary N) is 1. The van der Waals surface area contributed by atoms with Crippen LogP contribution < -0.4 is 10.5 Å². The van der Waals surface area contributed by atoms with Gasteiger partial charge in [-0.25, -0.2) is 18.1 Å². The molecule has 20 heavy (non-hydrogen) atoms. The van der Waals surface area contributed by atoms with E-state index >= 15 is 0 Å². The molecule has 0 aliphatic rings. The highest BCUT2D eigenvalue weighted by atomic mass is 32.2. The summed E-state index contributed by atoms with van der Waals surface area (Å²) in [5, 5.41) is 2.63. The summed E-state index contributed by atoms with van der Waals surface area (Å²) in [7, 11) is -3.67. The van der Waals surface area contributed by atoms with Crippen LogP contribution >= 0.6 is 11.3 Å². The van der Waals surface area contributed by atoms with E-state index in [1.54, 1.807) is 32.0 Å². The number of benzene rings is 1. The van der Waals surface area contributed by atoms with Gasteiger partial charge in [0, 0.05) is 11.1 Å². The van der Waals surface area contributed by atoms with Gasteiger partial charge in [-0.05, 0) is 32.4 Å². The van der Waals surface area contributed by atoms with Crippen molar-refractivity contribution in [2.75, 3.05) is 5.73 Å². The first-order valence-corrected chi connectivity index (χ1v) is 8.47. The minimum absolute atomic E-state index is 0.139. The Hall–Kier alpha value is -1.44. The monoisotopic (exact) mass is 311 g/mol. The van der Waals surface area contributed by atoms with Gasteiger partial charge in [0.2, 0.25) is 10.0 Å². The number of hydrogen-bond donors (Lipinski definition) is 2. The Morgan fingerprint density at radius 1 is 1.35 bits per heavy atom. The van der Waals surface area contributed by atoms with Crippen molar-refractivity contribution in [3.05, 3.63) is 39.8 Å². The van der Waals surface area contributed by atoms with Crippen molar-refractivity contribution in [3.8, 4) is 0 Å². The normalized spacial score (nSPS) is 13.3. The summed E-state index contributed by atoms with van der Waals surface area (Å²) in [4.78, 5) is 4.43. The Morgan fingerprint density at radius 3 is 2.60 bits per heavy atom. The van der Waals surface area contributed by atoms with Crippen molar-refractivity contribution in [2.45, 2.75) is 31.7 Å². The fourth-order valence-corrected chi connectivity index (χ4v) is 4.40.